The first-order valence-corrected chi connectivity index (χ1v) is 10.5. The SMILES string of the molecule is COc1ccc(NC(=O)c2cccc(OCc3ccccc3)c2)cc1OCc1ccncc1. The molecule has 0 aliphatic carbocycles. The number of hydrogen-bond acceptors (Lipinski definition) is 5. The minimum atomic E-state index is -0.245. The highest BCUT2D eigenvalue weighted by Crippen LogP contribution is 2.31. The van der Waals surface area contributed by atoms with Crippen LogP contribution < -0.4 is 19.5 Å². The van der Waals surface area contributed by atoms with Crippen LogP contribution in [0.4, 0.5) is 5.69 Å². The number of carbonyl (C=O) groups is 1. The number of benzene rings is 3. The van der Waals surface area contributed by atoms with E-state index in [1.54, 1.807) is 55.9 Å². The molecule has 0 aliphatic rings. The molecule has 0 atom stereocenters. The Morgan fingerprint density at radius 2 is 1.55 bits per heavy atom. The number of amides is 1. The summed E-state index contributed by atoms with van der Waals surface area (Å²) in [6, 6.07) is 26.0. The first kappa shape index (κ1) is 21.9. The van der Waals surface area contributed by atoms with Crippen molar-refractivity contribution < 1.29 is 19.0 Å². The lowest BCUT2D eigenvalue weighted by atomic mass is 10.2. The number of rotatable bonds is 9. The number of nitrogens with one attached hydrogen (secondary N) is 1. The first-order valence-electron chi connectivity index (χ1n) is 10.5. The van der Waals surface area contributed by atoms with Gasteiger partial charge >= 0.3 is 0 Å². The molecule has 0 spiro atoms. The Morgan fingerprint density at radius 3 is 2.33 bits per heavy atom. The van der Waals surface area contributed by atoms with E-state index in [1.165, 1.54) is 0 Å². The van der Waals surface area contributed by atoms with Gasteiger partial charge in [0, 0.05) is 29.7 Å². The van der Waals surface area contributed by atoms with Gasteiger partial charge in [0.1, 0.15) is 19.0 Å². The first-order chi connectivity index (χ1) is 16.2. The molecule has 0 bridgehead atoms. The minimum Gasteiger partial charge on any atom is -0.493 e. The fraction of sp³-hybridized carbons (Fsp3) is 0.111. The Bertz CT molecular complexity index is 1200. The second kappa shape index (κ2) is 10.8. The Balaban J connectivity index is 1.42. The van der Waals surface area contributed by atoms with Crippen molar-refractivity contribution in [2.45, 2.75) is 13.2 Å². The molecule has 0 aliphatic heterocycles. The number of anilines is 1. The van der Waals surface area contributed by atoms with Crippen LogP contribution in [0.1, 0.15) is 21.5 Å². The van der Waals surface area contributed by atoms with Crippen molar-refractivity contribution in [1.29, 1.82) is 0 Å². The van der Waals surface area contributed by atoms with Crippen molar-refractivity contribution in [2.24, 2.45) is 0 Å². The van der Waals surface area contributed by atoms with Crippen molar-refractivity contribution in [2.75, 3.05) is 12.4 Å². The number of hydrogen-bond donors (Lipinski definition) is 1. The number of aromatic nitrogens is 1. The summed E-state index contributed by atoms with van der Waals surface area (Å²) in [5.41, 5.74) is 3.13. The van der Waals surface area contributed by atoms with Gasteiger partial charge in [-0.1, -0.05) is 36.4 Å². The monoisotopic (exact) mass is 440 g/mol. The zero-order valence-corrected chi connectivity index (χ0v) is 18.2. The Hall–Kier alpha value is -4.32. The summed E-state index contributed by atoms with van der Waals surface area (Å²) in [5, 5.41) is 2.91. The second-order valence-corrected chi connectivity index (χ2v) is 7.27. The average Bonchev–Trinajstić information content (AvgIpc) is 2.88. The maximum Gasteiger partial charge on any atom is 0.255 e. The van der Waals surface area contributed by atoms with E-state index in [2.05, 4.69) is 10.3 Å². The van der Waals surface area contributed by atoms with Crippen LogP contribution in [0.3, 0.4) is 0 Å². The van der Waals surface area contributed by atoms with Crippen molar-refractivity contribution in [1.82, 2.24) is 4.98 Å². The fourth-order valence-corrected chi connectivity index (χ4v) is 3.18. The van der Waals surface area contributed by atoms with Gasteiger partial charge in [-0.3, -0.25) is 9.78 Å². The number of pyridine rings is 1. The third kappa shape index (κ3) is 6.11. The lowest BCUT2D eigenvalue weighted by Crippen LogP contribution is -2.12. The van der Waals surface area contributed by atoms with Gasteiger partial charge in [0.15, 0.2) is 11.5 Å². The highest BCUT2D eigenvalue weighted by Gasteiger charge is 2.11. The molecule has 1 aromatic heterocycles. The lowest BCUT2D eigenvalue weighted by Gasteiger charge is -2.13. The van der Waals surface area contributed by atoms with Crippen LogP contribution >= 0.6 is 0 Å². The van der Waals surface area contributed by atoms with E-state index in [9.17, 15) is 4.79 Å². The normalized spacial score (nSPS) is 10.3. The van der Waals surface area contributed by atoms with Crippen LogP contribution in [0.5, 0.6) is 17.2 Å². The van der Waals surface area contributed by atoms with Gasteiger partial charge in [-0.15, -0.1) is 0 Å². The molecule has 4 aromatic rings. The summed E-state index contributed by atoms with van der Waals surface area (Å²) in [7, 11) is 1.58. The predicted molar refractivity (Wildman–Crippen MR) is 127 cm³/mol. The third-order valence-corrected chi connectivity index (χ3v) is 4.91. The molecule has 1 amide bonds. The largest absolute Gasteiger partial charge is 0.493 e. The average molecular weight is 440 g/mol. The van der Waals surface area contributed by atoms with E-state index in [0.717, 1.165) is 11.1 Å². The zero-order valence-electron chi connectivity index (χ0n) is 18.2. The maximum atomic E-state index is 12.8. The summed E-state index contributed by atoms with van der Waals surface area (Å²) in [6.07, 6.45) is 3.43. The van der Waals surface area contributed by atoms with E-state index in [4.69, 9.17) is 14.2 Å². The molecule has 0 saturated carbocycles. The summed E-state index contributed by atoms with van der Waals surface area (Å²) >= 11 is 0. The second-order valence-electron chi connectivity index (χ2n) is 7.27. The van der Waals surface area contributed by atoms with Crippen molar-refractivity contribution in [3.63, 3.8) is 0 Å². The quantitative estimate of drug-likeness (QED) is 0.372. The molecule has 33 heavy (non-hydrogen) atoms. The molecule has 0 unspecified atom stereocenters. The summed E-state index contributed by atoms with van der Waals surface area (Å²) in [5.74, 6) is 1.50. The molecule has 4 rings (SSSR count). The maximum absolute atomic E-state index is 12.8. The molecule has 1 N–H and O–H groups in total. The van der Waals surface area contributed by atoms with Gasteiger partial charge in [0.05, 0.1) is 7.11 Å². The Labute approximate surface area is 192 Å². The van der Waals surface area contributed by atoms with Crippen LogP contribution in [0.25, 0.3) is 0 Å². The van der Waals surface area contributed by atoms with Gasteiger partial charge in [0.25, 0.3) is 5.91 Å². The lowest BCUT2D eigenvalue weighted by molar-refractivity contribution is 0.102. The van der Waals surface area contributed by atoms with E-state index < -0.39 is 0 Å². The number of carbonyl (C=O) groups excluding carboxylic acids is 1. The van der Waals surface area contributed by atoms with E-state index in [-0.39, 0.29) is 5.91 Å². The molecule has 6 nitrogen and oxygen atoms in total. The molecule has 1 heterocycles. The van der Waals surface area contributed by atoms with Crippen LogP contribution in [-0.4, -0.2) is 18.0 Å². The number of methoxy groups -OCH3 is 1. The van der Waals surface area contributed by atoms with E-state index in [1.807, 2.05) is 48.5 Å². The zero-order chi connectivity index (χ0) is 22.9. The molecule has 0 fully saturated rings. The molecular formula is C27H24N2O4. The Kier molecular flexibility index (Phi) is 7.18. The highest BCUT2D eigenvalue weighted by atomic mass is 16.5. The fourth-order valence-electron chi connectivity index (χ4n) is 3.18. The van der Waals surface area contributed by atoms with Crippen LogP contribution in [0.15, 0.2) is 97.3 Å². The van der Waals surface area contributed by atoms with Crippen LogP contribution in [-0.2, 0) is 13.2 Å². The molecule has 166 valence electrons. The van der Waals surface area contributed by atoms with Gasteiger partial charge in [-0.2, -0.15) is 0 Å². The topological polar surface area (TPSA) is 69.7 Å². The van der Waals surface area contributed by atoms with Crippen molar-refractivity contribution in [3.8, 4) is 17.2 Å². The molecular weight excluding hydrogens is 416 g/mol. The molecule has 0 saturated heterocycles. The minimum absolute atomic E-state index is 0.245. The van der Waals surface area contributed by atoms with E-state index in [0.29, 0.717) is 41.7 Å². The van der Waals surface area contributed by atoms with Gasteiger partial charge < -0.3 is 19.5 Å². The number of nitrogens with zero attached hydrogens (tertiary/aromatic N) is 1. The van der Waals surface area contributed by atoms with Crippen molar-refractivity contribution in [3.05, 3.63) is 114 Å². The van der Waals surface area contributed by atoms with Gasteiger partial charge in [-0.25, -0.2) is 0 Å². The summed E-state index contributed by atoms with van der Waals surface area (Å²) < 4.78 is 17.1. The smallest absolute Gasteiger partial charge is 0.255 e. The summed E-state index contributed by atoms with van der Waals surface area (Å²) in [4.78, 5) is 16.8. The number of ether oxygens (including phenoxy) is 3. The summed E-state index contributed by atoms with van der Waals surface area (Å²) in [6.45, 7) is 0.791. The predicted octanol–water partition coefficient (Wildman–Crippen LogP) is 5.50. The Morgan fingerprint density at radius 1 is 0.788 bits per heavy atom. The standard InChI is InChI=1S/C27H24N2O4/c1-31-25-11-10-23(17-26(25)33-19-21-12-14-28-15-13-21)29-27(30)22-8-5-9-24(16-22)32-18-20-6-3-2-4-7-20/h2-17H,18-19H2,1H3,(H,29,30). The highest BCUT2D eigenvalue weighted by molar-refractivity contribution is 6.04. The van der Waals surface area contributed by atoms with Gasteiger partial charge in [0.2, 0.25) is 0 Å². The molecule has 0 radical (unpaired) electrons. The molecule has 6 heteroatoms. The van der Waals surface area contributed by atoms with Crippen LogP contribution in [0, 0.1) is 0 Å². The van der Waals surface area contributed by atoms with Crippen molar-refractivity contribution >= 4 is 11.6 Å². The third-order valence-electron chi connectivity index (χ3n) is 4.91. The van der Waals surface area contributed by atoms with Gasteiger partial charge in [-0.05, 0) is 53.6 Å². The molecule has 3 aromatic carbocycles. The van der Waals surface area contributed by atoms with E-state index >= 15 is 0 Å². The van der Waals surface area contributed by atoms with Crippen LogP contribution in [0.2, 0.25) is 0 Å².